The highest BCUT2D eigenvalue weighted by atomic mass is 16.5. The van der Waals surface area contributed by atoms with Crippen molar-refractivity contribution in [2.75, 3.05) is 39.4 Å². The van der Waals surface area contributed by atoms with E-state index in [9.17, 15) is 24.0 Å². The van der Waals surface area contributed by atoms with E-state index >= 15 is 0 Å². The second kappa shape index (κ2) is 10.0. The Morgan fingerprint density at radius 3 is 2.18 bits per heavy atom. The third kappa shape index (κ3) is 5.91. The van der Waals surface area contributed by atoms with E-state index in [1.165, 1.54) is 0 Å². The van der Waals surface area contributed by atoms with Gasteiger partial charge in [-0.2, -0.15) is 0 Å². The topological polar surface area (TPSA) is 160 Å². The lowest BCUT2D eigenvalue weighted by Gasteiger charge is -2.38. The number of ketones is 1. The smallest absolute Gasteiger partial charge is 0.318 e. The molecule has 0 aromatic carbocycles. The Morgan fingerprint density at radius 1 is 0.929 bits per heavy atom. The summed E-state index contributed by atoms with van der Waals surface area (Å²) in [6.45, 7) is 0.795. The van der Waals surface area contributed by atoms with Gasteiger partial charge in [-0.25, -0.2) is 4.79 Å². The number of morpholine rings is 1. The van der Waals surface area contributed by atoms with Crippen molar-refractivity contribution in [2.24, 2.45) is 5.73 Å². The summed E-state index contributed by atoms with van der Waals surface area (Å²) in [5, 5.41) is 7.35. The number of urea groups is 1. The van der Waals surface area contributed by atoms with Gasteiger partial charge in [-0.05, 0) is 12.8 Å². The largest absolute Gasteiger partial charge is 0.378 e. The van der Waals surface area contributed by atoms with Crippen LogP contribution in [-0.4, -0.2) is 79.4 Å². The van der Waals surface area contributed by atoms with E-state index in [4.69, 9.17) is 10.5 Å². The summed E-state index contributed by atoms with van der Waals surface area (Å²) >= 11 is 0. The molecular weight excluding hydrogens is 370 g/mol. The quantitative estimate of drug-likeness (QED) is 0.364. The summed E-state index contributed by atoms with van der Waals surface area (Å²) in [7, 11) is 0. The molecule has 0 atom stereocenters. The maximum atomic E-state index is 12.8. The fraction of sp³-hybridized carbons (Fsp3) is 0.706. The second-order valence-corrected chi connectivity index (χ2v) is 6.93. The molecule has 2 fully saturated rings. The normalized spacial score (nSPS) is 18.6. The van der Waals surface area contributed by atoms with E-state index in [1.807, 2.05) is 0 Å². The van der Waals surface area contributed by atoms with Crippen LogP contribution in [0.1, 0.15) is 32.1 Å². The van der Waals surface area contributed by atoms with Crippen molar-refractivity contribution in [3.05, 3.63) is 0 Å². The van der Waals surface area contributed by atoms with Gasteiger partial charge in [0.2, 0.25) is 17.6 Å². The molecule has 0 unspecified atom stereocenters. The average Bonchev–Trinajstić information content (AvgIpc) is 2.71. The van der Waals surface area contributed by atoms with E-state index in [1.54, 1.807) is 4.90 Å². The van der Waals surface area contributed by atoms with Crippen molar-refractivity contribution in [3.63, 3.8) is 0 Å². The van der Waals surface area contributed by atoms with Gasteiger partial charge in [-0.1, -0.05) is 19.3 Å². The molecule has 5 amide bonds. The summed E-state index contributed by atoms with van der Waals surface area (Å²) in [5.41, 5.74) is 3.79. The summed E-state index contributed by atoms with van der Waals surface area (Å²) < 4.78 is 5.23. The van der Waals surface area contributed by atoms with Crippen LogP contribution >= 0.6 is 0 Å². The molecular formula is C17H27N5O6. The fourth-order valence-corrected chi connectivity index (χ4v) is 3.29. The van der Waals surface area contributed by atoms with Crippen LogP contribution < -0.4 is 21.7 Å². The highest BCUT2D eigenvalue weighted by molar-refractivity contribution is 6.37. The molecule has 1 saturated heterocycles. The van der Waals surface area contributed by atoms with Crippen molar-refractivity contribution in [2.45, 2.75) is 37.6 Å². The van der Waals surface area contributed by atoms with Crippen LogP contribution in [0.5, 0.6) is 0 Å². The number of nitrogens with zero attached hydrogens (tertiary/aromatic N) is 1. The molecule has 1 saturated carbocycles. The molecule has 156 valence electrons. The molecule has 0 spiro atoms. The summed E-state index contributed by atoms with van der Waals surface area (Å²) in [5.74, 6) is -3.18. The standard InChI is InChI=1S/C17H27N5O6/c18-13(24)11-19-14(25)12(23)10-20-15(26)17(4-2-1-3-5-17)21-16(27)22-6-8-28-9-7-22/h1-11H2,(H2,18,24)(H,19,25)(H,20,26)(H,21,27). The number of amides is 5. The third-order valence-electron chi connectivity index (χ3n) is 4.87. The lowest BCUT2D eigenvalue weighted by molar-refractivity contribution is -0.139. The van der Waals surface area contributed by atoms with E-state index in [0.717, 1.165) is 19.3 Å². The van der Waals surface area contributed by atoms with Crippen LogP contribution in [0.2, 0.25) is 0 Å². The molecule has 1 aliphatic heterocycles. The van der Waals surface area contributed by atoms with Crippen LogP contribution in [0, 0.1) is 0 Å². The highest BCUT2D eigenvalue weighted by Gasteiger charge is 2.42. The van der Waals surface area contributed by atoms with Gasteiger partial charge in [-0.15, -0.1) is 0 Å². The number of hydrogen-bond donors (Lipinski definition) is 4. The monoisotopic (exact) mass is 397 g/mol. The van der Waals surface area contributed by atoms with Gasteiger partial charge in [0.1, 0.15) is 5.54 Å². The Balaban J connectivity index is 1.94. The molecule has 11 nitrogen and oxygen atoms in total. The first-order valence-electron chi connectivity index (χ1n) is 9.36. The first-order chi connectivity index (χ1) is 13.3. The number of hydrogen-bond acceptors (Lipinski definition) is 6. The Labute approximate surface area is 162 Å². The molecule has 2 aliphatic rings. The van der Waals surface area contributed by atoms with Crippen LogP contribution in [0.15, 0.2) is 0 Å². The Bertz CT molecular complexity index is 626. The third-order valence-corrected chi connectivity index (χ3v) is 4.87. The van der Waals surface area contributed by atoms with E-state index in [-0.39, 0.29) is 6.03 Å². The maximum Gasteiger partial charge on any atom is 0.318 e. The zero-order chi connectivity index (χ0) is 20.6. The van der Waals surface area contributed by atoms with Crippen molar-refractivity contribution in [3.8, 4) is 0 Å². The molecule has 0 aromatic rings. The Morgan fingerprint density at radius 2 is 1.57 bits per heavy atom. The van der Waals surface area contributed by atoms with Crippen LogP contribution in [0.3, 0.4) is 0 Å². The summed E-state index contributed by atoms with van der Waals surface area (Å²) in [6.07, 6.45) is 3.40. The molecule has 1 aliphatic carbocycles. The molecule has 0 radical (unpaired) electrons. The van der Waals surface area contributed by atoms with Gasteiger partial charge >= 0.3 is 6.03 Å². The number of ether oxygens (including phenoxy) is 1. The van der Waals surface area contributed by atoms with Crippen molar-refractivity contribution in [1.82, 2.24) is 20.9 Å². The predicted octanol–water partition coefficient (Wildman–Crippen LogP) is -1.98. The lowest BCUT2D eigenvalue weighted by Crippen LogP contribution is -2.63. The number of primary amides is 1. The molecule has 28 heavy (non-hydrogen) atoms. The van der Waals surface area contributed by atoms with Gasteiger partial charge in [-0.3, -0.25) is 19.2 Å². The van der Waals surface area contributed by atoms with Crippen LogP contribution in [0.25, 0.3) is 0 Å². The van der Waals surface area contributed by atoms with E-state index in [2.05, 4.69) is 16.0 Å². The van der Waals surface area contributed by atoms with Crippen molar-refractivity contribution >= 4 is 29.5 Å². The fourth-order valence-electron chi connectivity index (χ4n) is 3.29. The van der Waals surface area contributed by atoms with Gasteiger partial charge in [0.25, 0.3) is 5.91 Å². The average molecular weight is 397 g/mol. The molecule has 0 aromatic heterocycles. The van der Waals surface area contributed by atoms with Crippen molar-refractivity contribution in [1.29, 1.82) is 0 Å². The Hall–Kier alpha value is -2.69. The number of nitrogens with one attached hydrogen (secondary N) is 3. The maximum absolute atomic E-state index is 12.8. The van der Waals surface area contributed by atoms with Crippen LogP contribution in [-0.2, 0) is 23.9 Å². The first-order valence-corrected chi connectivity index (χ1v) is 9.36. The zero-order valence-electron chi connectivity index (χ0n) is 15.8. The number of Topliss-reactive ketones (excluding diaryl/α,β-unsaturated/α-hetero) is 1. The van der Waals surface area contributed by atoms with Crippen molar-refractivity contribution < 1.29 is 28.7 Å². The van der Waals surface area contributed by atoms with Crippen LogP contribution in [0.4, 0.5) is 4.79 Å². The number of carbonyl (C=O) groups is 5. The minimum atomic E-state index is -1.11. The predicted molar refractivity (Wildman–Crippen MR) is 97.0 cm³/mol. The zero-order valence-corrected chi connectivity index (χ0v) is 15.8. The Kier molecular flexibility index (Phi) is 7.73. The minimum Gasteiger partial charge on any atom is -0.378 e. The van der Waals surface area contributed by atoms with E-state index < -0.39 is 42.1 Å². The molecule has 2 rings (SSSR count). The van der Waals surface area contributed by atoms with Gasteiger partial charge in [0.15, 0.2) is 0 Å². The molecule has 5 N–H and O–H groups in total. The van der Waals surface area contributed by atoms with E-state index in [0.29, 0.717) is 39.1 Å². The SMILES string of the molecule is NC(=O)CNC(=O)C(=O)CNC(=O)C1(NC(=O)N2CCOCC2)CCCCC1. The highest BCUT2D eigenvalue weighted by Crippen LogP contribution is 2.28. The lowest BCUT2D eigenvalue weighted by atomic mass is 9.81. The summed E-state index contributed by atoms with van der Waals surface area (Å²) in [4.78, 5) is 61.0. The van der Waals surface area contributed by atoms with Gasteiger partial charge in [0.05, 0.1) is 26.3 Å². The molecule has 11 heteroatoms. The van der Waals surface area contributed by atoms with Gasteiger partial charge < -0.3 is 31.3 Å². The minimum absolute atomic E-state index is 0.342. The number of nitrogens with two attached hydrogens (primary N) is 1. The molecule has 0 bridgehead atoms. The summed E-state index contributed by atoms with van der Waals surface area (Å²) in [6, 6.07) is -0.342. The number of rotatable bonds is 7. The van der Waals surface area contributed by atoms with Gasteiger partial charge in [0, 0.05) is 13.1 Å². The second-order valence-electron chi connectivity index (χ2n) is 6.93. The first kappa shape index (κ1) is 21.6. The molecule has 1 heterocycles. The number of carbonyl (C=O) groups excluding carboxylic acids is 5.